The standard InChI is InChI=1S/C10H20O2/c1-5-8(3)9(12)10(4,6-2)7-11/h6,8-9,11-12H,2,5,7H2,1,3-4H3. The second-order valence-electron chi connectivity index (χ2n) is 3.70. The van der Waals surface area contributed by atoms with Crippen LogP contribution in [0.15, 0.2) is 12.7 Å². The lowest BCUT2D eigenvalue weighted by atomic mass is 9.78. The average Bonchev–Trinajstić information content (AvgIpc) is 2.14. The second-order valence-corrected chi connectivity index (χ2v) is 3.70. The van der Waals surface area contributed by atoms with Crippen molar-refractivity contribution in [2.75, 3.05) is 6.61 Å². The summed E-state index contributed by atoms with van der Waals surface area (Å²) in [6, 6.07) is 0. The molecule has 3 atom stereocenters. The molecule has 72 valence electrons. The van der Waals surface area contributed by atoms with Crippen molar-refractivity contribution in [3.63, 3.8) is 0 Å². The minimum atomic E-state index is -0.560. The predicted octanol–water partition coefficient (Wildman–Crippen LogP) is 1.58. The molecule has 2 N–H and O–H groups in total. The van der Waals surface area contributed by atoms with E-state index in [4.69, 9.17) is 5.11 Å². The van der Waals surface area contributed by atoms with Crippen LogP contribution in [0.3, 0.4) is 0 Å². The molecule has 0 saturated heterocycles. The number of hydrogen-bond acceptors (Lipinski definition) is 2. The SMILES string of the molecule is C=CC(C)(CO)C(O)C(C)CC. The minimum Gasteiger partial charge on any atom is -0.395 e. The van der Waals surface area contributed by atoms with Crippen LogP contribution in [-0.2, 0) is 0 Å². The van der Waals surface area contributed by atoms with Crippen LogP contribution in [0.2, 0.25) is 0 Å². The van der Waals surface area contributed by atoms with Crippen LogP contribution < -0.4 is 0 Å². The van der Waals surface area contributed by atoms with Gasteiger partial charge >= 0.3 is 0 Å². The van der Waals surface area contributed by atoms with Gasteiger partial charge in [-0.15, -0.1) is 6.58 Å². The fraction of sp³-hybridized carbons (Fsp3) is 0.800. The highest BCUT2D eigenvalue weighted by molar-refractivity contribution is 4.97. The molecule has 0 saturated carbocycles. The summed E-state index contributed by atoms with van der Waals surface area (Å²) < 4.78 is 0. The molecule has 0 amide bonds. The number of aliphatic hydroxyl groups is 2. The molecular weight excluding hydrogens is 152 g/mol. The van der Waals surface area contributed by atoms with Gasteiger partial charge in [0.05, 0.1) is 12.7 Å². The van der Waals surface area contributed by atoms with Crippen molar-refractivity contribution in [2.24, 2.45) is 11.3 Å². The molecule has 0 spiro atoms. The van der Waals surface area contributed by atoms with Crippen LogP contribution in [-0.4, -0.2) is 22.9 Å². The van der Waals surface area contributed by atoms with E-state index in [9.17, 15) is 5.11 Å². The Balaban J connectivity index is 4.40. The van der Waals surface area contributed by atoms with Crippen LogP contribution in [0, 0.1) is 11.3 Å². The summed E-state index contributed by atoms with van der Waals surface area (Å²) in [4.78, 5) is 0. The summed E-state index contributed by atoms with van der Waals surface area (Å²) in [5, 5.41) is 18.9. The molecule has 0 aliphatic heterocycles. The molecule has 2 nitrogen and oxygen atoms in total. The lowest BCUT2D eigenvalue weighted by Gasteiger charge is -2.33. The van der Waals surface area contributed by atoms with Crippen molar-refractivity contribution in [1.29, 1.82) is 0 Å². The summed E-state index contributed by atoms with van der Waals surface area (Å²) in [6.07, 6.45) is 2.03. The maximum absolute atomic E-state index is 9.81. The zero-order chi connectivity index (χ0) is 9.78. The Hall–Kier alpha value is -0.340. The maximum Gasteiger partial charge on any atom is 0.0675 e. The molecule has 3 unspecified atom stereocenters. The van der Waals surface area contributed by atoms with E-state index in [1.807, 2.05) is 20.8 Å². The molecule has 0 bridgehead atoms. The van der Waals surface area contributed by atoms with Crippen LogP contribution in [0.5, 0.6) is 0 Å². The van der Waals surface area contributed by atoms with Gasteiger partial charge < -0.3 is 10.2 Å². The zero-order valence-corrected chi connectivity index (χ0v) is 8.25. The molecule has 0 heterocycles. The van der Waals surface area contributed by atoms with Gasteiger partial charge in [-0.2, -0.15) is 0 Å². The summed E-state index contributed by atoms with van der Waals surface area (Å²) in [6.45, 7) is 9.38. The highest BCUT2D eigenvalue weighted by Crippen LogP contribution is 2.28. The van der Waals surface area contributed by atoms with E-state index in [0.717, 1.165) is 6.42 Å². The number of aliphatic hydroxyl groups excluding tert-OH is 2. The van der Waals surface area contributed by atoms with Crippen LogP contribution in [0.1, 0.15) is 27.2 Å². The molecule has 0 fully saturated rings. The molecule has 0 aliphatic carbocycles. The van der Waals surface area contributed by atoms with E-state index >= 15 is 0 Å². The molecular formula is C10H20O2. The Morgan fingerprint density at radius 2 is 2.08 bits per heavy atom. The van der Waals surface area contributed by atoms with Gasteiger partial charge in [-0.3, -0.25) is 0 Å². The first kappa shape index (κ1) is 11.7. The first-order valence-electron chi connectivity index (χ1n) is 4.44. The Kier molecular flexibility index (Phi) is 4.50. The van der Waals surface area contributed by atoms with E-state index in [1.165, 1.54) is 0 Å². The normalized spacial score (nSPS) is 21.1. The Morgan fingerprint density at radius 1 is 1.58 bits per heavy atom. The smallest absolute Gasteiger partial charge is 0.0675 e. The molecule has 0 rings (SSSR count). The molecule has 2 heteroatoms. The van der Waals surface area contributed by atoms with Gasteiger partial charge in [-0.05, 0) is 5.92 Å². The molecule has 0 aromatic heterocycles. The van der Waals surface area contributed by atoms with Crippen LogP contribution >= 0.6 is 0 Å². The second kappa shape index (κ2) is 4.63. The zero-order valence-electron chi connectivity index (χ0n) is 8.25. The Morgan fingerprint density at radius 3 is 2.33 bits per heavy atom. The highest BCUT2D eigenvalue weighted by Gasteiger charge is 2.32. The average molecular weight is 172 g/mol. The van der Waals surface area contributed by atoms with Gasteiger partial charge in [0.25, 0.3) is 0 Å². The molecule has 12 heavy (non-hydrogen) atoms. The summed E-state index contributed by atoms with van der Waals surface area (Å²) in [5.41, 5.74) is -0.560. The fourth-order valence-electron chi connectivity index (χ4n) is 1.15. The third-order valence-electron chi connectivity index (χ3n) is 2.67. The van der Waals surface area contributed by atoms with Crippen molar-refractivity contribution in [3.8, 4) is 0 Å². The highest BCUT2D eigenvalue weighted by atomic mass is 16.3. The van der Waals surface area contributed by atoms with Crippen molar-refractivity contribution in [2.45, 2.75) is 33.3 Å². The molecule has 0 aromatic rings. The lowest BCUT2D eigenvalue weighted by molar-refractivity contribution is -0.00800. The number of rotatable bonds is 5. The van der Waals surface area contributed by atoms with E-state index in [2.05, 4.69) is 6.58 Å². The van der Waals surface area contributed by atoms with Crippen LogP contribution in [0.25, 0.3) is 0 Å². The Labute approximate surface area is 74.9 Å². The molecule has 0 aliphatic rings. The van der Waals surface area contributed by atoms with Gasteiger partial charge in [0.2, 0.25) is 0 Å². The largest absolute Gasteiger partial charge is 0.395 e. The van der Waals surface area contributed by atoms with E-state index in [0.29, 0.717) is 0 Å². The minimum absolute atomic E-state index is 0.0536. The monoisotopic (exact) mass is 172 g/mol. The lowest BCUT2D eigenvalue weighted by Crippen LogP contribution is -2.38. The maximum atomic E-state index is 9.81. The van der Waals surface area contributed by atoms with Gasteiger partial charge in [0.15, 0.2) is 0 Å². The first-order chi connectivity index (χ1) is 5.51. The number of hydrogen-bond donors (Lipinski definition) is 2. The van der Waals surface area contributed by atoms with Crippen LogP contribution in [0.4, 0.5) is 0 Å². The Bertz CT molecular complexity index is 145. The summed E-state index contributed by atoms with van der Waals surface area (Å²) in [7, 11) is 0. The quantitative estimate of drug-likeness (QED) is 0.618. The predicted molar refractivity (Wildman–Crippen MR) is 50.9 cm³/mol. The van der Waals surface area contributed by atoms with Crippen molar-refractivity contribution < 1.29 is 10.2 Å². The topological polar surface area (TPSA) is 40.5 Å². The third-order valence-corrected chi connectivity index (χ3v) is 2.67. The van der Waals surface area contributed by atoms with Gasteiger partial charge in [0.1, 0.15) is 0 Å². The summed E-state index contributed by atoms with van der Waals surface area (Å²) >= 11 is 0. The van der Waals surface area contributed by atoms with E-state index in [-0.39, 0.29) is 12.5 Å². The van der Waals surface area contributed by atoms with Gasteiger partial charge in [-0.1, -0.05) is 33.3 Å². The van der Waals surface area contributed by atoms with Gasteiger partial charge in [-0.25, -0.2) is 0 Å². The van der Waals surface area contributed by atoms with Crippen molar-refractivity contribution in [3.05, 3.63) is 12.7 Å². The van der Waals surface area contributed by atoms with Crippen molar-refractivity contribution in [1.82, 2.24) is 0 Å². The molecule has 0 aromatic carbocycles. The molecule has 0 radical (unpaired) electrons. The fourth-order valence-corrected chi connectivity index (χ4v) is 1.15. The third kappa shape index (κ3) is 2.32. The summed E-state index contributed by atoms with van der Waals surface area (Å²) in [5.74, 6) is 0.195. The van der Waals surface area contributed by atoms with E-state index < -0.39 is 11.5 Å². The first-order valence-corrected chi connectivity index (χ1v) is 4.44. The van der Waals surface area contributed by atoms with E-state index in [1.54, 1.807) is 6.08 Å². The van der Waals surface area contributed by atoms with Gasteiger partial charge in [0, 0.05) is 5.41 Å². The van der Waals surface area contributed by atoms with Crippen molar-refractivity contribution >= 4 is 0 Å².